The number of carbonyl (C=O) groups excluding carboxylic acids is 1. The highest BCUT2D eigenvalue weighted by atomic mass is 79.9. The molecule has 0 aliphatic carbocycles. The first kappa shape index (κ1) is 20.1. The van der Waals surface area contributed by atoms with Crippen LogP contribution < -0.4 is 0 Å². The number of benzene rings is 2. The van der Waals surface area contributed by atoms with Crippen LogP contribution in [0.25, 0.3) is 16.7 Å². The predicted molar refractivity (Wildman–Crippen MR) is 120 cm³/mol. The Morgan fingerprint density at radius 3 is 2.86 bits per heavy atom. The average Bonchev–Trinajstić information content (AvgIpc) is 3.10. The van der Waals surface area contributed by atoms with Crippen LogP contribution in [0.1, 0.15) is 25.6 Å². The second-order valence-electron chi connectivity index (χ2n) is 7.76. The van der Waals surface area contributed by atoms with Gasteiger partial charge in [-0.2, -0.15) is 0 Å². The van der Waals surface area contributed by atoms with Crippen LogP contribution in [0.4, 0.5) is 0 Å². The first-order chi connectivity index (χ1) is 14.1. The number of piperidine rings is 1. The summed E-state index contributed by atoms with van der Waals surface area (Å²) in [6, 6.07) is 16.6. The number of aromatic nitrogens is 2. The van der Waals surface area contributed by atoms with Gasteiger partial charge in [-0.1, -0.05) is 34.1 Å². The zero-order chi connectivity index (χ0) is 20.4. The molecule has 2 heterocycles. The maximum atomic E-state index is 12.7. The van der Waals surface area contributed by atoms with Gasteiger partial charge in [0.05, 0.1) is 23.5 Å². The number of rotatable bonds is 5. The molecule has 0 spiro atoms. The summed E-state index contributed by atoms with van der Waals surface area (Å²) in [4.78, 5) is 21.8. The zero-order valence-corrected chi connectivity index (χ0v) is 18.6. The molecule has 0 bridgehead atoms. The maximum Gasteiger partial charge on any atom is 0.226 e. The molecule has 0 N–H and O–H groups in total. The summed E-state index contributed by atoms with van der Waals surface area (Å²) < 4.78 is 3.29. The van der Waals surface area contributed by atoms with E-state index in [-0.39, 0.29) is 11.8 Å². The molecule has 5 nitrogen and oxygen atoms in total. The highest BCUT2D eigenvalue weighted by Crippen LogP contribution is 2.26. The van der Waals surface area contributed by atoms with Gasteiger partial charge in [-0.3, -0.25) is 14.3 Å². The summed E-state index contributed by atoms with van der Waals surface area (Å²) in [5, 5.41) is 0. The number of hydrogen-bond acceptors (Lipinski definition) is 3. The number of para-hydroxylation sites is 2. The second kappa shape index (κ2) is 8.67. The van der Waals surface area contributed by atoms with E-state index in [4.69, 9.17) is 4.98 Å². The Kier molecular flexibility index (Phi) is 6.01. The Bertz CT molecular complexity index is 1020. The molecular formula is C23H27BrN4O. The molecule has 0 unspecified atom stereocenters. The number of nitrogens with zero attached hydrogens (tertiary/aromatic N) is 4. The minimum atomic E-state index is 0.0809. The molecule has 1 aromatic heterocycles. The Morgan fingerprint density at radius 2 is 2.07 bits per heavy atom. The van der Waals surface area contributed by atoms with Gasteiger partial charge in [-0.05, 0) is 56.6 Å². The van der Waals surface area contributed by atoms with E-state index in [9.17, 15) is 4.79 Å². The quantitative estimate of drug-likeness (QED) is 0.570. The number of amides is 1. The van der Waals surface area contributed by atoms with E-state index in [2.05, 4.69) is 55.7 Å². The highest BCUT2D eigenvalue weighted by molar-refractivity contribution is 9.10. The third-order valence-electron chi connectivity index (χ3n) is 5.77. The van der Waals surface area contributed by atoms with Gasteiger partial charge in [-0.25, -0.2) is 4.98 Å². The second-order valence-corrected chi connectivity index (χ2v) is 8.67. The number of likely N-dealkylation sites (tertiary alicyclic amines) is 1. The van der Waals surface area contributed by atoms with Gasteiger partial charge in [0.2, 0.25) is 5.91 Å². The topological polar surface area (TPSA) is 41.4 Å². The monoisotopic (exact) mass is 454 g/mol. The lowest BCUT2D eigenvalue weighted by molar-refractivity contribution is -0.135. The first-order valence-electron chi connectivity index (χ1n) is 10.3. The Hall–Kier alpha value is -2.18. The van der Waals surface area contributed by atoms with Crippen molar-refractivity contribution < 1.29 is 4.79 Å². The summed E-state index contributed by atoms with van der Waals surface area (Å²) in [7, 11) is 1.90. The van der Waals surface area contributed by atoms with Crippen molar-refractivity contribution in [1.82, 2.24) is 19.4 Å². The molecule has 2 aromatic carbocycles. The summed E-state index contributed by atoms with van der Waals surface area (Å²) in [6.45, 7) is 5.32. The predicted octanol–water partition coefficient (Wildman–Crippen LogP) is 4.48. The van der Waals surface area contributed by atoms with Crippen LogP contribution in [-0.4, -0.2) is 51.9 Å². The third kappa shape index (κ3) is 4.23. The number of halogens is 1. The molecule has 1 aliphatic heterocycles. The molecule has 1 aliphatic rings. The van der Waals surface area contributed by atoms with Crippen molar-refractivity contribution in [1.29, 1.82) is 0 Å². The maximum absolute atomic E-state index is 12.7. The largest absolute Gasteiger partial charge is 0.346 e. The Morgan fingerprint density at radius 1 is 1.24 bits per heavy atom. The lowest BCUT2D eigenvalue weighted by Gasteiger charge is -2.33. The van der Waals surface area contributed by atoms with Gasteiger partial charge in [-0.15, -0.1) is 0 Å². The molecular weight excluding hydrogens is 428 g/mol. The SMILES string of the molecule is CCN(C)C(=O)[C@H]1CCCN(Cc2nc3ccccc3n2-c2cccc(Br)c2)C1. The Balaban J connectivity index is 1.64. The standard InChI is InChI=1S/C23H27BrN4O/c1-3-26(2)23(29)17-8-7-13-27(15-17)16-22-25-20-11-4-5-12-21(20)28(22)19-10-6-9-18(24)14-19/h4-6,9-12,14,17H,3,7-8,13,15-16H2,1-2H3/t17-/m0/s1. The molecule has 3 aromatic rings. The molecule has 1 amide bonds. The van der Waals surface area contributed by atoms with Crippen molar-refractivity contribution in [2.45, 2.75) is 26.3 Å². The third-order valence-corrected chi connectivity index (χ3v) is 6.26. The van der Waals surface area contributed by atoms with Gasteiger partial charge < -0.3 is 4.90 Å². The molecule has 6 heteroatoms. The van der Waals surface area contributed by atoms with E-state index in [1.165, 1.54) is 0 Å². The molecule has 0 radical (unpaired) electrons. The van der Waals surface area contributed by atoms with E-state index in [1.807, 2.05) is 37.1 Å². The molecule has 1 fully saturated rings. The summed E-state index contributed by atoms with van der Waals surface area (Å²) in [6.07, 6.45) is 2.02. The van der Waals surface area contributed by atoms with Crippen LogP contribution in [0, 0.1) is 5.92 Å². The van der Waals surface area contributed by atoms with Crippen LogP contribution in [0.15, 0.2) is 53.0 Å². The summed E-state index contributed by atoms with van der Waals surface area (Å²) >= 11 is 3.59. The fourth-order valence-electron chi connectivity index (χ4n) is 4.15. The van der Waals surface area contributed by atoms with Crippen molar-refractivity contribution >= 4 is 32.9 Å². The highest BCUT2D eigenvalue weighted by Gasteiger charge is 2.28. The van der Waals surface area contributed by atoms with Crippen molar-refractivity contribution in [3.05, 3.63) is 58.8 Å². The van der Waals surface area contributed by atoms with Gasteiger partial charge in [0.25, 0.3) is 0 Å². The van der Waals surface area contributed by atoms with Crippen LogP contribution >= 0.6 is 15.9 Å². The van der Waals surface area contributed by atoms with Crippen molar-refractivity contribution in [2.75, 3.05) is 26.7 Å². The molecule has 0 saturated carbocycles. The lowest BCUT2D eigenvalue weighted by Crippen LogP contribution is -2.43. The Labute approximate surface area is 180 Å². The van der Waals surface area contributed by atoms with Gasteiger partial charge in [0, 0.05) is 30.3 Å². The number of hydrogen-bond donors (Lipinski definition) is 0. The summed E-state index contributed by atoms with van der Waals surface area (Å²) in [5.41, 5.74) is 3.20. The number of imidazole rings is 1. The molecule has 29 heavy (non-hydrogen) atoms. The van der Waals surface area contributed by atoms with Crippen LogP contribution in [0.2, 0.25) is 0 Å². The number of fused-ring (bicyclic) bond motifs is 1. The van der Waals surface area contributed by atoms with Gasteiger partial charge in [0.15, 0.2) is 0 Å². The minimum absolute atomic E-state index is 0.0809. The fourth-order valence-corrected chi connectivity index (χ4v) is 4.54. The molecule has 152 valence electrons. The van der Waals surface area contributed by atoms with E-state index in [0.29, 0.717) is 0 Å². The molecule has 1 atom stereocenters. The fraction of sp³-hybridized carbons (Fsp3) is 0.391. The minimum Gasteiger partial charge on any atom is -0.346 e. The van der Waals surface area contributed by atoms with Crippen LogP contribution in [-0.2, 0) is 11.3 Å². The molecule has 1 saturated heterocycles. The van der Waals surface area contributed by atoms with E-state index >= 15 is 0 Å². The summed E-state index contributed by atoms with van der Waals surface area (Å²) in [5.74, 6) is 1.36. The van der Waals surface area contributed by atoms with Crippen LogP contribution in [0.3, 0.4) is 0 Å². The van der Waals surface area contributed by atoms with E-state index in [1.54, 1.807) is 0 Å². The van der Waals surface area contributed by atoms with Gasteiger partial charge in [0.1, 0.15) is 5.82 Å². The van der Waals surface area contributed by atoms with Crippen LogP contribution in [0.5, 0.6) is 0 Å². The van der Waals surface area contributed by atoms with Crippen molar-refractivity contribution in [3.63, 3.8) is 0 Å². The molecule has 4 rings (SSSR count). The van der Waals surface area contributed by atoms with Gasteiger partial charge >= 0.3 is 0 Å². The first-order valence-corrected chi connectivity index (χ1v) is 11.1. The lowest BCUT2D eigenvalue weighted by atomic mass is 9.96. The zero-order valence-electron chi connectivity index (χ0n) is 17.0. The normalized spacial score (nSPS) is 17.6. The van der Waals surface area contributed by atoms with Crippen molar-refractivity contribution in [2.24, 2.45) is 5.92 Å². The van der Waals surface area contributed by atoms with E-state index in [0.717, 1.165) is 66.0 Å². The number of carbonyl (C=O) groups is 1. The smallest absolute Gasteiger partial charge is 0.226 e. The van der Waals surface area contributed by atoms with E-state index < -0.39 is 0 Å². The average molecular weight is 455 g/mol. The van der Waals surface area contributed by atoms with Crippen molar-refractivity contribution in [3.8, 4) is 5.69 Å².